The molecule has 3 heteroatoms. The summed E-state index contributed by atoms with van der Waals surface area (Å²) < 4.78 is 4.71. The monoisotopic (exact) mass is 868 g/mol. The third-order valence-electron chi connectivity index (χ3n) is 13.2. The maximum atomic E-state index is 5.12. The van der Waals surface area contributed by atoms with Crippen molar-refractivity contribution in [2.24, 2.45) is 0 Å². The molecule has 0 spiro atoms. The number of fused-ring (bicyclic) bond motifs is 4. The van der Waals surface area contributed by atoms with Gasteiger partial charge >= 0.3 is 0 Å². The summed E-state index contributed by atoms with van der Waals surface area (Å²) in [5.74, 6) is 0. The van der Waals surface area contributed by atoms with E-state index in [4.69, 9.17) is 4.98 Å². The van der Waals surface area contributed by atoms with Gasteiger partial charge in [0.2, 0.25) is 11.4 Å². The van der Waals surface area contributed by atoms with Crippen LogP contribution in [-0.4, -0.2) is 15.8 Å². The second kappa shape index (κ2) is 17.5. The predicted octanol–water partition coefficient (Wildman–Crippen LogP) is 16.9. The fourth-order valence-corrected chi connectivity index (χ4v) is 9.83. The molecule has 68 heavy (non-hydrogen) atoms. The molecule has 0 atom stereocenters. The summed E-state index contributed by atoms with van der Waals surface area (Å²) in [5.41, 5.74) is 21.6. The Bertz CT molecular complexity index is 3720. The zero-order valence-corrected chi connectivity index (χ0v) is 37.7. The Morgan fingerprint density at radius 2 is 0.912 bits per heavy atom. The molecule has 11 aromatic rings. The van der Waals surface area contributed by atoms with Crippen molar-refractivity contribution < 1.29 is 0 Å². The third-order valence-corrected chi connectivity index (χ3v) is 13.2. The van der Waals surface area contributed by atoms with Crippen molar-refractivity contribution in [2.45, 2.75) is 6.92 Å². The Labute approximate surface area is 397 Å². The molecular formula is C65H46N3+. The molecule has 1 aliphatic rings. The van der Waals surface area contributed by atoms with Gasteiger partial charge in [-0.05, 0) is 118 Å². The van der Waals surface area contributed by atoms with Crippen LogP contribution in [0.25, 0.3) is 94.5 Å². The van der Waals surface area contributed by atoms with Crippen LogP contribution in [0.5, 0.6) is 0 Å². The molecule has 1 aliphatic heterocycles. The predicted molar refractivity (Wildman–Crippen MR) is 288 cm³/mol. The maximum absolute atomic E-state index is 5.12. The lowest BCUT2D eigenvalue weighted by molar-refractivity contribution is 1.09. The van der Waals surface area contributed by atoms with Crippen molar-refractivity contribution in [3.8, 4) is 61.6 Å². The van der Waals surface area contributed by atoms with Crippen LogP contribution in [0.2, 0.25) is 0 Å². The van der Waals surface area contributed by atoms with Crippen LogP contribution in [0.15, 0.2) is 255 Å². The lowest BCUT2D eigenvalue weighted by Crippen LogP contribution is -2.08. The summed E-state index contributed by atoms with van der Waals surface area (Å²) in [7, 11) is 0. The summed E-state index contributed by atoms with van der Waals surface area (Å²) in [5, 5.41) is 2.45. The first kappa shape index (κ1) is 40.6. The molecule has 12 rings (SSSR count). The highest BCUT2D eigenvalue weighted by Crippen LogP contribution is 2.39. The molecule has 0 fully saturated rings. The molecule has 0 amide bonds. The fourth-order valence-electron chi connectivity index (χ4n) is 9.83. The second-order valence-electron chi connectivity index (χ2n) is 17.5. The lowest BCUT2D eigenvalue weighted by Gasteiger charge is -2.13. The van der Waals surface area contributed by atoms with E-state index >= 15 is 0 Å². The third kappa shape index (κ3) is 7.66. The smallest absolute Gasteiger partial charge is 0.218 e. The molecule has 3 heterocycles. The second-order valence-corrected chi connectivity index (χ2v) is 17.5. The Morgan fingerprint density at radius 3 is 1.59 bits per heavy atom. The van der Waals surface area contributed by atoms with Crippen molar-refractivity contribution >= 4 is 50.5 Å². The van der Waals surface area contributed by atoms with Gasteiger partial charge in [-0.2, -0.15) is 4.58 Å². The van der Waals surface area contributed by atoms with Crippen LogP contribution in [-0.2, 0) is 0 Å². The Kier molecular flexibility index (Phi) is 10.4. The SMILES string of the molecule is C/C1=C\C(c2ccc3c(c2)c2ccccc2n3-c2cccc(-c3cccc(-c4cccc(-c5cc(-c6ccccc6)nc(-c6ccccc6)c5)c4)c3)c2)=C/C=[N+](c2ccccc2)c2ccccc21. The van der Waals surface area contributed by atoms with E-state index in [2.05, 4.69) is 265 Å². The van der Waals surface area contributed by atoms with E-state index in [0.717, 1.165) is 56.1 Å². The number of para-hydroxylation sites is 3. The summed E-state index contributed by atoms with van der Waals surface area (Å²) in [4.78, 5) is 5.12. The molecule has 0 unspecified atom stereocenters. The topological polar surface area (TPSA) is 20.8 Å². The van der Waals surface area contributed by atoms with Gasteiger partial charge in [0, 0.05) is 57.4 Å². The van der Waals surface area contributed by atoms with Gasteiger partial charge in [0.25, 0.3) is 0 Å². The van der Waals surface area contributed by atoms with Crippen LogP contribution < -0.4 is 4.58 Å². The lowest BCUT2D eigenvalue weighted by atomic mass is 9.95. The maximum Gasteiger partial charge on any atom is 0.218 e. The Hall–Kier alpha value is -8.92. The zero-order valence-electron chi connectivity index (χ0n) is 37.7. The van der Waals surface area contributed by atoms with Crippen molar-refractivity contribution in [3.05, 3.63) is 266 Å². The van der Waals surface area contributed by atoms with Crippen molar-refractivity contribution in [1.29, 1.82) is 0 Å². The summed E-state index contributed by atoms with van der Waals surface area (Å²) in [6.07, 6.45) is 6.79. The molecule has 0 bridgehead atoms. The van der Waals surface area contributed by atoms with Gasteiger partial charge in [0.1, 0.15) is 0 Å². The van der Waals surface area contributed by atoms with Gasteiger partial charge in [0.05, 0.1) is 22.4 Å². The van der Waals surface area contributed by atoms with Gasteiger partial charge in [-0.1, -0.05) is 170 Å². The molecule has 0 saturated heterocycles. The summed E-state index contributed by atoms with van der Waals surface area (Å²) >= 11 is 0. The van der Waals surface area contributed by atoms with Gasteiger partial charge in [-0.3, -0.25) is 0 Å². The van der Waals surface area contributed by atoms with E-state index in [9.17, 15) is 0 Å². The minimum Gasteiger partial charge on any atom is -0.309 e. The minimum atomic E-state index is 0.957. The molecule has 320 valence electrons. The average molecular weight is 869 g/mol. The number of pyridine rings is 1. The number of aromatic nitrogens is 2. The Morgan fingerprint density at radius 1 is 0.382 bits per heavy atom. The van der Waals surface area contributed by atoms with Gasteiger partial charge in [0.15, 0.2) is 6.21 Å². The van der Waals surface area contributed by atoms with Crippen molar-refractivity contribution in [1.82, 2.24) is 14.1 Å². The first-order valence-corrected chi connectivity index (χ1v) is 23.3. The molecule has 0 saturated carbocycles. The van der Waals surface area contributed by atoms with E-state index in [1.165, 1.54) is 60.9 Å². The molecule has 0 radical (unpaired) electrons. The highest BCUT2D eigenvalue weighted by molar-refractivity contribution is 6.11. The van der Waals surface area contributed by atoms with E-state index in [1.807, 2.05) is 12.1 Å². The fraction of sp³-hybridized carbons (Fsp3) is 0.0154. The van der Waals surface area contributed by atoms with Crippen LogP contribution in [0.4, 0.5) is 11.4 Å². The van der Waals surface area contributed by atoms with Crippen LogP contribution >= 0.6 is 0 Å². The first-order valence-electron chi connectivity index (χ1n) is 23.3. The Balaban J connectivity index is 0.905. The largest absolute Gasteiger partial charge is 0.309 e. The molecule has 3 nitrogen and oxygen atoms in total. The van der Waals surface area contributed by atoms with Gasteiger partial charge in [-0.15, -0.1) is 0 Å². The summed E-state index contributed by atoms with van der Waals surface area (Å²) in [6.45, 7) is 2.22. The van der Waals surface area contributed by atoms with E-state index in [1.54, 1.807) is 0 Å². The highest BCUT2D eigenvalue weighted by Gasteiger charge is 2.21. The van der Waals surface area contributed by atoms with Gasteiger partial charge in [-0.25, -0.2) is 4.98 Å². The van der Waals surface area contributed by atoms with E-state index in [-0.39, 0.29) is 0 Å². The number of hydrogen-bond acceptors (Lipinski definition) is 1. The quantitative estimate of drug-likeness (QED) is 0.139. The normalized spacial score (nSPS) is 14.0. The molecular weight excluding hydrogens is 823 g/mol. The van der Waals surface area contributed by atoms with Crippen LogP contribution in [0.1, 0.15) is 18.1 Å². The highest BCUT2D eigenvalue weighted by atomic mass is 15.0. The van der Waals surface area contributed by atoms with Crippen molar-refractivity contribution in [3.63, 3.8) is 0 Å². The summed E-state index contributed by atoms with van der Waals surface area (Å²) in [6, 6.07) is 87.1. The standard InChI is InChI=1S/C65H46N3/c1-45-38-54(36-37-67(56-27-9-4-10-28-56)63-32-13-11-30-58(45)63)53-34-35-65-60(42-53)59-31-12-14-33-64(59)68(65)57-29-17-26-52(41-57)50-24-15-22-48(39-50)49-23-16-25-51(40-49)55-43-61(46-18-5-2-6-19-46)66-62(44-55)47-20-7-3-8-21-47/h2-44H,1H3/q+1/b37-36?,45-38+,54-36+,54-38?,58-45?. The number of nitrogens with zero attached hydrogens (tertiary/aromatic N) is 3. The average Bonchev–Trinajstić information content (AvgIpc) is 3.74. The molecule has 0 aliphatic carbocycles. The molecule has 9 aromatic carbocycles. The van der Waals surface area contributed by atoms with Crippen LogP contribution in [0, 0.1) is 0 Å². The van der Waals surface area contributed by atoms with Crippen molar-refractivity contribution in [2.75, 3.05) is 0 Å². The van der Waals surface area contributed by atoms with E-state index in [0.29, 0.717) is 0 Å². The number of benzene rings is 9. The molecule has 2 aromatic heterocycles. The van der Waals surface area contributed by atoms with Gasteiger partial charge < -0.3 is 4.57 Å². The minimum absolute atomic E-state index is 0.957. The number of allylic oxidation sites excluding steroid dienone is 4. The number of hydrogen-bond donors (Lipinski definition) is 0. The van der Waals surface area contributed by atoms with E-state index < -0.39 is 0 Å². The zero-order chi connectivity index (χ0) is 45.4. The molecule has 0 N–H and O–H groups in total. The van der Waals surface area contributed by atoms with Crippen LogP contribution in [0.3, 0.4) is 0 Å². The first-order chi connectivity index (χ1) is 33.6. The number of rotatable bonds is 8.